The van der Waals surface area contributed by atoms with Gasteiger partial charge >= 0.3 is 6.36 Å². The van der Waals surface area contributed by atoms with E-state index in [0.717, 1.165) is 0 Å². The number of ether oxygens (including phenoxy) is 2. The molecule has 5 nitrogen and oxygen atoms in total. The fourth-order valence-corrected chi connectivity index (χ4v) is 1.12. The SMILES string of the molecule is NC(=NO)c1cccc(OCCOC(F)(F)F)c1. The van der Waals surface area contributed by atoms with Gasteiger partial charge in [-0.2, -0.15) is 0 Å². The molecule has 3 N–H and O–H groups in total. The minimum atomic E-state index is -4.67. The lowest BCUT2D eigenvalue weighted by Crippen LogP contribution is -2.18. The number of benzene rings is 1. The minimum absolute atomic E-state index is 0.119. The van der Waals surface area contributed by atoms with Crippen LogP contribution >= 0.6 is 0 Å². The van der Waals surface area contributed by atoms with Crippen LogP contribution in [0.5, 0.6) is 5.75 Å². The van der Waals surface area contributed by atoms with E-state index in [1.807, 2.05) is 0 Å². The normalized spacial score (nSPS) is 12.5. The van der Waals surface area contributed by atoms with Crippen molar-refractivity contribution in [3.8, 4) is 5.75 Å². The first-order chi connectivity index (χ1) is 8.42. The number of hydrogen-bond acceptors (Lipinski definition) is 4. The van der Waals surface area contributed by atoms with Gasteiger partial charge in [0.15, 0.2) is 5.84 Å². The van der Waals surface area contributed by atoms with Gasteiger partial charge in [0.2, 0.25) is 0 Å². The topological polar surface area (TPSA) is 77.1 Å². The van der Waals surface area contributed by atoms with Crippen LogP contribution < -0.4 is 10.5 Å². The summed E-state index contributed by atoms with van der Waals surface area (Å²) in [5.74, 6) is 0.178. The fourth-order valence-electron chi connectivity index (χ4n) is 1.12. The van der Waals surface area contributed by atoms with Gasteiger partial charge in [0.05, 0.1) is 6.61 Å². The van der Waals surface area contributed by atoms with Gasteiger partial charge in [-0.25, -0.2) is 0 Å². The van der Waals surface area contributed by atoms with E-state index in [2.05, 4.69) is 9.89 Å². The number of nitrogens with zero attached hydrogens (tertiary/aromatic N) is 1. The highest BCUT2D eigenvalue weighted by Crippen LogP contribution is 2.16. The Morgan fingerprint density at radius 3 is 2.67 bits per heavy atom. The Morgan fingerprint density at radius 1 is 1.33 bits per heavy atom. The number of oxime groups is 1. The Bertz CT molecular complexity index is 421. The van der Waals surface area contributed by atoms with E-state index in [0.29, 0.717) is 11.3 Å². The Labute approximate surface area is 101 Å². The quantitative estimate of drug-likeness (QED) is 0.279. The van der Waals surface area contributed by atoms with Crippen LogP contribution in [-0.2, 0) is 4.74 Å². The van der Waals surface area contributed by atoms with Gasteiger partial charge in [-0.3, -0.25) is 4.74 Å². The molecule has 100 valence electrons. The number of alkyl halides is 3. The van der Waals surface area contributed by atoms with Crippen molar-refractivity contribution in [2.24, 2.45) is 10.9 Å². The van der Waals surface area contributed by atoms with Crippen molar-refractivity contribution in [1.82, 2.24) is 0 Å². The second-order valence-electron chi connectivity index (χ2n) is 3.16. The number of rotatable bonds is 5. The van der Waals surface area contributed by atoms with Crippen molar-refractivity contribution >= 4 is 5.84 Å². The van der Waals surface area contributed by atoms with Gasteiger partial charge in [0.1, 0.15) is 12.4 Å². The van der Waals surface area contributed by atoms with E-state index in [1.165, 1.54) is 12.1 Å². The first kappa shape index (κ1) is 14.1. The molecular formula is C10H11F3N2O3. The predicted octanol–water partition coefficient (Wildman–Crippen LogP) is 1.70. The van der Waals surface area contributed by atoms with E-state index in [-0.39, 0.29) is 12.4 Å². The maximum Gasteiger partial charge on any atom is 0.522 e. The van der Waals surface area contributed by atoms with Gasteiger partial charge < -0.3 is 15.7 Å². The molecule has 0 aliphatic heterocycles. The summed E-state index contributed by atoms with van der Waals surface area (Å²) >= 11 is 0. The molecule has 0 saturated heterocycles. The second kappa shape index (κ2) is 6.10. The first-order valence-electron chi connectivity index (χ1n) is 4.84. The van der Waals surface area contributed by atoms with Crippen LogP contribution in [0.1, 0.15) is 5.56 Å². The summed E-state index contributed by atoms with van der Waals surface area (Å²) in [5, 5.41) is 11.3. The average Bonchev–Trinajstić information content (AvgIpc) is 2.33. The molecule has 1 aromatic rings. The highest BCUT2D eigenvalue weighted by molar-refractivity contribution is 5.97. The Balaban J connectivity index is 2.48. The molecule has 0 spiro atoms. The zero-order valence-electron chi connectivity index (χ0n) is 9.15. The third kappa shape index (κ3) is 4.91. The van der Waals surface area contributed by atoms with Crippen LogP contribution in [0.2, 0.25) is 0 Å². The van der Waals surface area contributed by atoms with E-state index >= 15 is 0 Å². The molecule has 0 unspecified atom stereocenters. The van der Waals surface area contributed by atoms with Crippen molar-refractivity contribution in [3.63, 3.8) is 0 Å². The van der Waals surface area contributed by atoms with Gasteiger partial charge in [-0.05, 0) is 12.1 Å². The molecule has 1 aromatic carbocycles. The maximum absolute atomic E-state index is 11.7. The van der Waals surface area contributed by atoms with Crippen molar-refractivity contribution in [2.45, 2.75) is 6.36 Å². The first-order valence-corrected chi connectivity index (χ1v) is 4.84. The largest absolute Gasteiger partial charge is 0.522 e. The Morgan fingerprint density at radius 2 is 2.06 bits per heavy atom. The standard InChI is InChI=1S/C10H11F3N2O3/c11-10(12,13)18-5-4-17-8-3-1-2-7(6-8)9(14)15-16/h1-3,6,16H,4-5H2,(H2,14,15). The van der Waals surface area contributed by atoms with Gasteiger partial charge in [-0.15, -0.1) is 13.2 Å². The zero-order chi connectivity index (χ0) is 13.6. The number of halogens is 3. The minimum Gasteiger partial charge on any atom is -0.491 e. The van der Waals surface area contributed by atoms with E-state index in [4.69, 9.17) is 15.7 Å². The van der Waals surface area contributed by atoms with Gasteiger partial charge in [0, 0.05) is 5.56 Å². The third-order valence-electron chi connectivity index (χ3n) is 1.86. The van der Waals surface area contributed by atoms with Crippen molar-refractivity contribution in [3.05, 3.63) is 29.8 Å². The molecule has 0 fully saturated rings. The maximum atomic E-state index is 11.7. The van der Waals surface area contributed by atoms with Crippen LogP contribution in [0.3, 0.4) is 0 Å². The fraction of sp³-hybridized carbons (Fsp3) is 0.300. The molecule has 0 aromatic heterocycles. The van der Waals surface area contributed by atoms with E-state index < -0.39 is 13.0 Å². The lowest BCUT2D eigenvalue weighted by atomic mass is 10.2. The molecular weight excluding hydrogens is 253 g/mol. The summed E-state index contributed by atoms with van der Waals surface area (Å²) in [6.45, 7) is -0.879. The Kier molecular flexibility index (Phi) is 4.78. The second-order valence-corrected chi connectivity index (χ2v) is 3.16. The summed E-state index contributed by atoms with van der Waals surface area (Å²) < 4.78 is 43.5. The number of nitrogens with two attached hydrogens (primary N) is 1. The molecule has 1 rings (SSSR count). The summed E-state index contributed by atoms with van der Waals surface area (Å²) in [5.41, 5.74) is 5.74. The van der Waals surface area contributed by atoms with Crippen LogP contribution in [-0.4, -0.2) is 30.6 Å². The lowest BCUT2D eigenvalue weighted by Gasteiger charge is -2.09. The monoisotopic (exact) mass is 264 g/mol. The van der Waals surface area contributed by atoms with Gasteiger partial charge in [0.25, 0.3) is 0 Å². The lowest BCUT2D eigenvalue weighted by molar-refractivity contribution is -0.325. The Hall–Kier alpha value is -1.96. The van der Waals surface area contributed by atoms with E-state index in [9.17, 15) is 13.2 Å². The van der Waals surface area contributed by atoms with Crippen LogP contribution in [0.15, 0.2) is 29.4 Å². The summed E-state index contributed by atoms with van der Waals surface area (Å²) in [6.07, 6.45) is -4.67. The average molecular weight is 264 g/mol. The number of hydrogen-bond donors (Lipinski definition) is 2. The van der Waals surface area contributed by atoms with Crippen LogP contribution in [0, 0.1) is 0 Å². The van der Waals surface area contributed by atoms with Crippen molar-refractivity contribution in [2.75, 3.05) is 13.2 Å². The molecule has 8 heteroatoms. The highest BCUT2D eigenvalue weighted by atomic mass is 19.4. The smallest absolute Gasteiger partial charge is 0.491 e. The van der Waals surface area contributed by atoms with Crippen molar-refractivity contribution < 1.29 is 27.9 Å². The molecule has 0 aliphatic rings. The highest BCUT2D eigenvalue weighted by Gasteiger charge is 2.28. The molecule has 0 saturated carbocycles. The molecule has 0 heterocycles. The van der Waals surface area contributed by atoms with Gasteiger partial charge in [-0.1, -0.05) is 17.3 Å². The molecule has 0 bridgehead atoms. The molecule has 0 atom stereocenters. The molecule has 0 amide bonds. The van der Waals surface area contributed by atoms with Crippen LogP contribution in [0.25, 0.3) is 0 Å². The van der Waals surface area contributed by atoms with E-state index in [1.54, 1.807) is 12.1 Å². The van der Waals surface area contributed by atoms with Crippen LogP contribution in [0.4, 0.5) is 13.2 Å². The summed E-state index contributed by atoms with van der Waals surface area (Å²) in [4.78, 5) is 0. The summed E-state index contributed by atoms with van der Waals surface area (Å²) in [7, 11) is 0. The summed E-state index contributed by atoms with van der Waals surface area (Å²) in [6, 6.07) is 6.09. The molecule has 18 heavy (non-hydrogen) atoms. The predicted molar refractivity (Wildman–Crippen MR) is 56.5 cm³/mol. The van der Waals surface area contributed by atoms with Crippen molar-refractivity contribution in [1.29, 1.82) is 0 Å². The molecule has 0 radical (unpaired) electrons. The molecule has 0 aliphatic carbocycles. The number of amidine groups is 1. The third-order valence-corrected chi connectivity index (χ3v) is 1.86. The zero-order valence-corrected chi connectivity index (χ0v) is 9.15.